The molecule has 0 aromatic rings. The molecular weight excluding hydrogens is 255 g/mol. The van der Waals surface area contributed by atoms with Crippen LogP contribution in [0.25, 0.3) is 0 Å². The number of ketones is 1. The molecule has 3 unspecified atom stereocenters. The number of carbonyl (C=O) groups is 1. The van der Waals surface area contributed by atoms with Gasteiger partial charge in [0, 0.05) is 32.7 Å². The summed E-state index contributed by atoms with van der Waals surface area (Å²) in [6, 6.07) is 0.170. The average Bonchev–Trinajstić information content (AvgIpc) is 2.22. The van der Waals surface area contributed by atoms with E-state index in [1.54, 1.807) is 6.92 Å². The maximum atomic E-state index is 11.5. The summed E-state index contributed by atoms with van der Waals surface area (Å²) in [5, 5.41) is 9.93. The second-order valence-electron chi connectivity index (χ2n) is 4.14. The maximum absolute atomic E-state index is 11.5. The Kier molecular flexibility index (Phi) is 4.92. The fourth-order valence-electron chi connectivity index (χ4n) is 2.01. The van der Waals surface area contributed by atoms with Crippen LogP contribution < -0.4 is 0 Å². The van der Waals surface area contributed by atoms with E-state index in [-0.39, 0.29) is 44.5 Å². The van der Waals surface area contributed by atoms with Crippen molar-refractivity contribution in [3.63, 3.8) is 0 Å². The number of nitrogens with zero attached hydrogens (tertiary/aromatic N) is 1. The SMILES string of the molecule is CC(=O)C1(C)C(O)[C-](C)C(C)N1C.[Y]. The summed E-state index contributed by atoms with van der Waals surface area (Å²) in [4.78, 5) is 13.4. The molecule has 4 heteroatoms. The van der Waals surface area contributed by atoms with Gasteiger partial charge in [0.15, 0.2) is 0 Å². The predicted molar refractivity (Wildman–Crippen MR) is 51.2 cm³/mol. The topological polar surface area (TPSA) is 40.5 Å². The summed E-state index contributed by atoms with van der Waals surface area (Å²) >= 11 is 0. The first-order valence-electron chi connectivity index (χ1n) is 4.58. The van der Waals surface area contributed by atoms with Crippen LogP contribution in [0.15, 0.2) is 0 Å². The van der Waals surface area contributed by atoms with Crippen LogP contribution in [-0.2, 0) is 37.5 Å². The summed E-state index contributed by atoms with van der Waals surface area (Å²) in [5.74, 6) is 0.992. The van der Waals surface area contributed by atoms with Gasteiger partial charge in [0.05, 0.1) is 5.54 Å². The van der Waals surface area contributed by atoms with Crippen LogP contribution in [0.2, 0.25) is 0 Å². The van der Waals surface area contributed by atoms with Crippen LogP contribution in [0, 0.1) is 5.92 Å². The van der Waals surface area contributed by atoms with Gasteiger partial charge in [-0.2, -0.15) is 6.92 Å². The van der Waals surface area contributed by atoms with E-state index >= 15 is 0 Å². The molecule has 0 aromatic heterocycles. The molecule has 0 bridgehead atoms. The van der Waals surface area contributed by atoms with Gasteiger partial charge in [-0.1, -0.05) is 6.92 Å². The van der Waals surface area contributed by atoms with Crippen molar-refractivity contribution in [2.24, 2.45) is 0 Å². The number of likely N-dealkylation sites (N-methyl/N-ethyl adjacent to an activating group) is 1. The zero-order valence-corrected chi connectivity index (χ0v) is 12.4. The van der Waals surface area contributed by atoms with E-state index in [0.29, 0.717) is 0 Å². The van der Waals surface area contributed by atoms with E-state index in [4.69, 9.17) is 0 Å². The van der Waals surface area contributed by atoms with Crippen molar-refractivity contribution in [3.8, 4) is 0 Å². The van der Waals surface area contributed by atoms with Crippen molar-refractivity contribution in [3.05, 3.63) is 5.92 Å². The van der Waals surface area contributed by atoms with Crippen molar-refractivity contribution in [1.29, 1.82) is 0 Å². The molecule has 0 spiro atoms. The van der Waals surface area contributed by atoms with Crippen molar-refractivity contribution >= 4 is 5.78 Å². The normalized spacial score (nSPS) is 39.6. The number of aliphatic hydroxyl groups is 1. The third-order valence-corrected chi connectivity index (χ3v) is 3.65. The van der Waals surface area contributed by atoms with E-state index < -0.39 is 11.6 Å². The van der Waals surface area contributed by atoms with Crippen LogP contribution in [0.1, 0.15) is 27.7 Å². The predicted octanol–water partition coefficient (Wildman–Crippen LogP) is 0.621. The maximum Gasteiger partial charge on any atom is 0.149 e. The van der Waals surface area contributed by atoms with E-state index in [2.05, 4.69) is 0 Å². The van der Waals surface area contributed by atoms with Crippen molar-refractivity contribution in [1.82, 2.24) is 4.90 Å². The molecule has 1 radical (unpaired) electrons. The molecule has 1 N–H and O–H groups in total. The molecule has 0 saturated carbocycles. The van der Waals surface area contributed by atoms with Gasteiger partial charge >= 0.3 is 0 Å². The summed E-state index contributed by atoms with van der Waals surface area (Å²) in [6.45, 7) is 7.24. The van der Waals surface area contributed by atoms with Crippen molar-refractivity contribution < 1.29 is 42.6 Å². The Balaban J connectivity index is 0.00000169. The van der Waals surface area contributed by atoms with Crippen LogP contribution in [0.4, 0.5) is 0 Å². The minimum absolute atomic E-state index is 0. The van der Waals surface area contributed by atoms with Crippen LogP contribution >= 0.6 is 0 Å². The smallest absolute Gasteiger partial charge is 0.149 e. The fraction of sp³-hybridized carbons (Fsp3) is 0.800. The number of rotatable bonds is 1. The van der Waals surface area contributed by atoms with Crippen molar-refractivity contribution in [2.45, 2.75) is 45.4 Å². The standard InChI is InChI=1S/C10H18NO2.Y/c1-6-7(2)11(5)10(4,8(3)12)9(6)13;/h7,9,13H,1-5H3;/q-1;. The molecule has 79 valence electrons. The van der Waals surface area contributed by atoms with Crippen molar-refractivity contribution in [2.75, 3.05) is 7.05 Å². The van der Waals surface area contributed by atoms with Gasteiger partial charge in [0.25, 0.3) is 0 Å². The van der Waals surface area contributed by atoms with Gasteiger partial charge in [0.2, 0.25) is 0 Å². The molecular formula is C10H18NO2Y-. The number of hydrogen-bond donors (Lipinski definition) is 1. The molecule has 1 fully saturated rings. The third-order valence-electron chi connectivity index (χ3n) is 3.65. The zero-order valence-electron chi connectivity index (χ0n) is 9.53. The largest absolute Gasteiger partial charge is 0.422 e. The van der Waals surface area contributed by atoms with Gasteiger partial charge in [-0.3, -0.25) is 10.7 Å². The number of carbonyl (C=O) groups excluding carboxylic acids is 1. The minimum Gasteiger partial charge on any atom is -0.422 e. The van der Waals surface area contributed by atoms with Gasteiger partial charge in [-0.15, -0.1) is 6.04 Å². The van der Waals surface area contributed by atoms with E-state index in [0.717, 1.165) is 5.92 Å². The first-order chi connectivity index (χ1) is 5.83. The second-order valence-corrected chi connectivity index (χ2v) is 4.14. The minimum atomic E-state index is -0.733. The average molecular weight is 273 g/mol. The van der Waals surface area contributed by atoms with E-state index in [1.807, 2.05) is 25.8 Å². The molecule has 0 aliphatic carbocycles. The van der Waals surface area contributed by atoms with Gasteiger partial charge in [-0.25, -0.2) is 0 Å². The molecule has 1 aliphatic heterocycles. The van der Waals surface area contributed by atoms with Gasteiger partial charge in [-0.05, 0) is 27.0 Å². The van der Waals surface area contributed by atoms with Crippen LogP contribution in [0.3, 0.4) is 0 Å². The second kappa shape index (κ2) is 4.69. The fourth-order valence-corrected chi connectivity index (χ4v) is 2.01. The van der Waals surface area contributed by atoms with E-state index in [9.17, 15) is 9.90 Å². The Morgan fingerprint density at radius 2 is 2.00 bits per heavy atom. The number of likely N-dealkylation sites (tertiary alicyclic amines) is 1. The Bertz CT molecular complexity index is 218. The zero-order chi connectivity index (χ0) is 10.4. The molecule has 0 amide bonds. The first kappa shape index (κ1) is 14.7. The number of aliphatic hydroxyl groups excluding tert-OH is 1. The molecule has 1 saturated heterocycles. The number of hydrogen-bond acceptors (Lipinski definition) is 3. The van der Waals surface area contributed by atoms with E-state index in [1.165, 1.54) is 6.92 Å². The molecule has 1 aliphatic rings. The van der Waals surface area contributed by atoms with Crippen LogP contribution in [-0.4, -0.2) is 40.5 Å². The Labute approximate surface area is 111 Å². The number of Topliss-reactive ketones (excluding diaryl/α,β-unsaturated/α-hetero) is 1. The molecule has 3 atom stereocenters. The molecule has 1 heterocycles. The van der Waals surface area contributed by atoms with Crippen LogP contribution in [0.5, 0.6) is 0 Å². The Hall–Kier alpha value is 0.694. The van der Waals surface area contributed by atoms with Gasteiger partial charge < -0.3 is 10.0 Å². The van der Waals surface area contributed by atoms with Gasteiger partial charge in [0.1, 0.15) is 5.78 Å². The summed E-state index contributed by atoms with van der Waals surface area (Å²) in [5.41, 5.74) is -0.733. The Morgan fingerprint density at radius 1 is 1.57 bits per heavy atom. The quantitative estimate of drug-likeness (QED) is 0.712. The monoisotopic (exact) mass is 273 g/mol. The summed E-state index contributed by atoms with van der Waals surface area (Å²) in [6.07, 6.45) is -0.634. The molecule has 14 heavy (non-hydrogen) atoms. The Morgan fingerprint density at radius 3 is 2.14 bits per heavy atom. The third kappa shape index (κ3) is 1.84. The molecule has 0 aromatic carbocycles. The molecule has 1 rings (SSSR count). The first-order valence-corrected chi connectivity index (χ1v) is 4.58. The summed E-state index contributed by atoms with van der Waals surface area (Å²) < 4.78 is 0. The molecule has 3 nitrogen and oxygen atoms in total. The summed E-state index contributed by atoms with van der Waals surface area (Å²) in [7, 11) is 1.88.